The molecular weight excluding hydrogens is 308 g/mol. The van der Waals surface area contributed by atoms with Crippen LogP contribution in [-0.2, 0) is 0 Å². The first-order chi connectivity index (χ1) is 9.08. The zero-order valence-corrected chi connectivity index (χ0v) is 12.3. The van der Waals surface area contributed by atoms with Crippen molar-refractivity contribution in [2.45, 2.75) is 20.0 Å². The lowest BCUT2D eigenvalue weighted by Crippen LogP contribution is -2.07. The molecule has 0 spiro atoms. The number of nitrogen functional groups attached to an aromatic ring is 1. The van der Waals surface area contributed by atoms with Crippen LogP contribution in [-0.4, -0.2) is 11.1 Å². The number of halogens is 1. The van der Waals surface area contributed by atoms with Gasteiger partial charge in [0.15, 0.2) is 5.75 Å². The molecule has 0 aliphatic carbocycles. The van der Waals surface area contributed by atoms with Crippen LogP contribution >= 0.6 is 15.9 Å². The van der Waals surface area contributed by atoms with Crippen LogP contribution < -0.4 is 15.2 Å². The molecule has 5 heteroatoms. The first-order valence-electron chi connectivity index (χ1n) is 5.91. The van der Waals surface area contributed by atoms with Crippen molar-refractivity contribution in [2.24, 2.45) is 0 Å². The summed E-state index contributed by atoms with van der Waals surface area (Å²) in [6, 6.07) is 9.05. The van der Waals surface area contributed by atoms with Crippen LogP contribution in [0.15, 0.2) is 41.0 Å². The molecule has 0 saturated heterocycles. The van der Waals surface area contributed by atoms with Crippen LogP contribution in [0.4, 0.5) is 5.69 Å². The average molecular weight is 323 g/mol. The van der Waals surface area contributed by atoms with Gasteiger partial charge in [-0.15, -0.1) is 0 Å². The number of nitrogens with zero attached hydrogens (tertiary/aromatic N) is 1. The van der Waals surface area contributed by atoms with E-state index in [9.17, 15) is 0 Å². The normalized spacial score (nSPS) is 10.5. The molecule has 0 aliphatic heterocycles. The highest BCUT2D eigenvalue weighted by molar-refractivity contribution is 9.10. The minimum Gasteiger partial charge on any atom is -0.485 e. The molecule has 2 aromatic rings. The first-order valence-corrected chi connectivity index (χ1v) is 6.70. The van der Waals surface area contributed by atoms with Crippen molar-refractivity contribution >= 4 is 21.6 Å². The third kappa shape index (κ3) is 3.38. The minimum absolute atomic E-state index is 0.0517. The summed E-state index contributed by atoms with van der Waals surface area (Å²) in [6.45, 7) is 3.90. The van der Waals surface area contributed by atoms with E-state index in [2.05, 4.69) is 20.9 Å². The zero-order valence-electron chi connectivity index (χ0n) is 10.8. The summed E-state index contributed by atoms with van der Waals surface area (Å²) in [4.78, 5) is 4.19. The lowest BCUT2D eigenvalue weighted by atomic mass is 10.3. The first kappa shape index (κ1) is 13.7. The molecule has 1 aromatic carbocycles. The maximum absolute atomic E-state index is 5.81. The number of nitrogens with two attached hydrogens (primary N) is 1. The van der Waals surface area contributed by atoms with E-state index >= 15 is 0 Å². The van der Waals surface area contributed by atoms with Crippen molar-refractivity contribution in [3.8, 4) is 17.4 Å². The van der Waals surface area contributed by atoms with Crippen LogP contribution in [0.2, 0.25) is 0 Å². The number of aromatic nitrogens is 1. The molecule has 19 heavy (non-hydrogen) atoms. The van der Waals surface area contributed by atoms with Gasteiger partial charge in [0.25, 0.3) is 5.88 Å². The van der Waals surface area contributed by atoms with Crippen molar-refractivity contribution in [1.82, 2.24) is 4.98 Å². The van der Waals surface area contributed by atoms with Crippen LogP contribution in [0.1, 0.15) is 13.8 Å². The van der Waals surface area contributed by atoms with E-state index < -0.39 is 0 Å². The molecule has 4 nitrogen and oxygen atoms in total. The van der Waals surface area contributed by atoms with E-state index in [0.29, 0.717) is 27.5 Å². The van der Waals surface area contributed by atoms with Gasteiger partial charge >= 0.3 is 0 Å². The van der Waals surface area contributed by atoms with Gasteiger partial charge in [-0.1, -0.05) is 6.07 Å². The number of ether oxygens (including phenoxy) is 2. The quantitative estimate of drug-likeness (QED) is 0.864. The average Bonchev–Trinajstić information content (AvgIpc) is 2.36. The highest BCUT2D eigenvalue weighted by atomic mass is 79.9. The number of rotatable bonds is 4. The maximum Gasteiger partial charge on any atom is 0.262 e. The molecular formula is C14H15BrN2O2. The molecule has 1 heterocycles. The summed E-state index contributed by atoms with van der Waals surface area (Å²) in [5, 5.41) is 0. The molecule has 1 aromatic heterocycles. The topological polar surface area (TPSA) is 57.4 Å². The van der Waals surface area contributed by atoms with Gasteiger partial charge in [-0.25, -0.2) is 4.98 Å². The lowest BCUT2D eigenvalue weighted by molar-refractivity contribution is 0.231. The Hall–Kier alpha value is -1.75. The van der Waals surface area contributed by atoms with Crippen LogP contribution in [0.3, 0.4) is 0 Å². The largest absolute Gasteiger partial charge is 0.485 e. The minimum atomic E-state index is 0.0517. The van der Waals surface area contributed by atoms with Gasteiger partial charge in [-0.05, 0) is 54.0 Å². The smallest absolute Gasteiger partial charge is 0.262 e. The number of anilines is 1. The van der Waals surface area contributed by atoms with Crippen LogP contribution in [0.25, 0.3) is 0 Å². The fourth-order valence-corrected chi connectivity index (χ4v) is 1.85. The second kappa shape index (κ2) is 5.93. The standard InChI is InChI=1S/C14H15BrN2O2/c1-9(2)18-12-7-4-8-17-14(12)19-11-6-3-5-10(16)13(11)15/h3-9H,16H2,1-2H3. The Balaban J connectivity index is 2.30. The van der Waals surface area contributed by atoms with E-state index in [1.807, 2.05) is 32.0 Å². The fourth-order valence-electron chi connectivity index (χ4n) is 1.51. The summed E-state index contributed by atoms with van der Waals surface area (Å²) in [7, 11) is 0. The summed E-state index contributed by atoms with van der Waals surface area (Å²) in [5.74, 6) is 1.63. The van der Waals surface area contributed by atoms with Crippen molar-refractivity contribution in [2.75, 3.05) is 5.73 Å². The van der Waals surface area contributed by atoms with Gasteiger partial charge in [0.05, 0.1) is 10.6 Å². The number of pyridine rings is 1. The van der Waals surface area contributed by atoms with Gasteiger partial charge in [-0.2, -0.15) is 0 Å². The Morgan fingerprint density at radius 3 is 2.63 bits per heavy atom. The van der Waals surface area contributed by atoms with E-state index in [0.717, 1.165) is 0 Å². The molecule has 0 unspecified atom stereocenters. The maximum atomic E-state index is 5.81. The van der Waals surface area contributed by atoms with E-state index in [4.69, 9.17) is 15.2 Å². The van der Waals surface area contributed by atoms with Crippen molar-refractivity contribution < 1.29 is 9.47 Å². The zero-order chi connectivity index (χ0) is 13.8. The second-order valence-corrected chi connectivity index (χ2v) is 5.03. The lowest BCUT2D eigenvalue weighted by Gasteiger charge is -2.14. The Bertz CT molecular complexity index is 573. The van der Waals surface area contributed by atoms with Gasteiger partial charge in [-0.3, -0.25) is 0 Å². The van der Waals surface area contributed by atoms with E-state index in [1.54, 1.807) is 18.3 Å². The van der Waals surface area contributed by atoms with Gasteiger partial charge in [0.2, 0.25) is 0 Å². The Labute approximate surface area is 120 Å². The SMILES string of the molecule is CC(C)Oc1cccnc1Oc1cccc(N)c1Br. The van der Waals surface area contributed by atoms with Gasteiger partial charge in [0, 0.05) is 11.9 Å². The molecule has 0 fully saturated rings. The highest BCUT2D eigenvalue weighted by Crippen LogP contribution is 2.36. The van der Waals surface area contributed by atoms with Crippen molar-refractivity contribution in [3.63, 3.8) is 0 Å². The Morgan fingerprint density at radius 1 is 1.16 bits per heavy atom. The van der Waals surface area contributed by atoms with Crippen LogP contribution in [0.5, 0.6) is 17.4 Å². The highest BCUT2D eigenvalue weighted by Gasteiger charge is 2.11. The molecule has 0 saturated carbocycles. The predicted octanol–water partition coefficient (Wildman–Crippen LogP) is 4.01. The number of hydrogen-bond donors (Lipinski definition) is 1. The summed E-state index contributed by atoms with van der Waals surface area (Å²) in [6.07, 6.45) is 1.71. The predicted molar refractivity (Wildman–Crippen MR) is 78.6 cm³/mol. The third-order valence-electron chi connectivity index (χ3n) is 2.30. The molecule has 0 bridgehead atoms. The summed E-state index contributed by atoms with van der Waals surface area (Å²) >= 11 is 3.39. The van der Waals surface area contributed by atoms with Gasteiger partial charge in [0.1, 0.15) is 5.75 Å². The van der Waals surface area contributed by atoms with E-state index in [1.165, 1.54) is 0 Å². The van der Waals surface area contributed by atoms with Gasteiger partial charge < -0.3 is 15.2 Å². The number of hydrogen-bond acceptors (Lipinski definition) is 4. The third-order valence-corrected chi connectivity index (χ3v) is 3.15. The molecule has 2 rings (SSSR count). The number of benzene rings is 1. The van der Waals surface area contributed by atoms with Crippen LogP contribution in [0, 0.1) is 0 Å². The van der Waals surface area contributed by atoms with E-state index in [-0.39, 0.29) is 6.10 Å². The Kier molecular flexibility index (Phi) is 4.27. The monoisotopic (exact) mass is 322 g/mol. The molecule has 0 atom stereocenters. The fraction of sp³-hybridized carbons (Fsp3) is 0.214. The second-order valence-electron chi connectivity index (χ2n) is 4.23. The Morgan fingerprint density at radius 2 is 1.89 bits per heavy atom. The summed E-state index contributed by atoms with van der Waals surface area (Å²) < 4.78 is 12.1. The molecule has 0 amide bonds. The summed E-state index contributed by atoms with van der Waals surface area (Å²) in [5.41, 5.74) is 6.43. The van der Waals surface area contributed by atoms with Crippen molar-refractivity contribution in [1.29, 1.82) is 0 Å². The van der Waals surface area contributed by atoms with Crippen molar-refractivity contribution in [3.05, 3.63) is 41.0 Å². The molecule has 2 N–H and O–H groups in total. The molecule has 0 aliphatic rings. The molecule has 0 radical (unpaired) electrons. The molecule has 100 valence electrons.